The Labute approximate surface area is 250 Å². The third kappa shape index (κ3) is 8.36. The SMILES string of the molecule is O=C(NC[C@@H](O)C(=O)O)c1ccc(CN(C(=O)Nc2ccc(Cl)c(C(F)(F)F)c2)c2ccc(C3=CCCCC3)cc2)cc1. The zero-order valence-corrected chi connectivity index (χ0v) is 23.6. The normalized spacial score (nSPS) is 13.9. The number of carboxylic acids is 1. The van der Waals surface area contributed by atoms with E-state index in [1.165, 1.54) is 28.7 Å². The number of amides is 3. The number of nitrogens with one attached hydrogen (secondary N) is 2. The molecular weight excluding hydrogens is 587 g/mol. The number of carbonyl (C=O) groups excluding carboxylic acids is 2. The molecule has 0 saturated carbocycles. The molecule has 0 bridgehead atoms. The molecule has 3 aromatic rings. The van der Waals surface area contributed by atoms with Gasteiger partial charge in [-0.05, 0) is 84.8 Å². The Morgan fingerprint density at radius 1 is 0.977 bits per heavy atom. The minimum absolute atomic E-state index is 0.00716. The highest BCUT2D eigenvalue weighted by Gasteiger charge is 2.33. The number of aliphatic carboxylic acids is 1. The topological polar surface area (TPSA) is 119 Å². The van der Waals surface area contributed by atoms with Crippen molar-refractivity contribution >= 4 is 46.5 Å². The van der Waals surface area contributed by atoms with Gasteiger partial charge in [-0.3, -0.25) is 9.69 Å². The maximum Gasteiger partial charge on any atom is 0.417 e. The van der Waals surface area contributed by atoms with Gasteiger partial charge in [0, 0.05) is 16.9 Å². The summed E-state index contributed by atoms with van der Waals surface area (Å²) in [6, 6.07) is 15.9. The number of aliphatic hydroxyl groups excluding tert-OH is 1. The fourth-order valence-corrected chi connectivity index (χ4v) is 4.79. The molecule has 0 fully saturated rings. The number of hydrogen-bond acceptors (Lipinski definition) is 4. The van der Waals surface area contributed by atoms with Crippen LogP contribution in [0.4, 0.5) is 29.3 Å². The van der Waals surface area contributed by atoms with Crippen molar-refractivity contribution < 1.29 is 37.8 Å². The number of halogens is 4. The largest absolute Gasteiger partial charge is 0.479 e. The third-order valence-electron chi connectivity index (χ3n) is 6.91. The van der Waals surface area contributed by atoms with Gasteiger partial charge in [-0.15, -0.1) is 0 Å². The Bertz CT molecular complexity index is 1510. The van der Waals surface area contributed by atoms with Gasteiger partial charge in [0.1, 0.15) is 0 Å². The summed E-state index contributed by atoms with van der Waals surface area (Å²) in [4.78, 5) is 37.9. The van der Waals surface area contributed by atoms with Gasteiger partial charge in [0.05, 0.1) is 23.7 Å². The first-order chi connectivity index (χ1) is 20.4. The summed E-state index contributed by atoms with van der Waals surface area (Å²) >= 11 is 5.73. The summed E-state index contributed by atoms with van der Waals surface area (Å²) in [5.74, 6) is -2.07. The number of rotatable bonds is 9. The molecule has 226 valence electrons. The molecule has 3 aromatic carbocycles. The van der Waals surface area contributed by atoms with E-state index in [9.17, 15) is 32.7 Å². The van der Waals surface area contributed by atoms with Crippen LogP contribution < -0.4 is 15.5 Å². The highest BCUT2D eigenvalue weighted by molar-refractivity contribution is 6.31. The third-order valence-corrected chi connectivity index (χ3v) is 7.24. The van der Waals surface area contributed by atoms with Gasteiger partial charge >= 0.3 is 18.2 Å². The average molecular weight is 616 g/mol. The van der Waals surface area contributed by atoms with Crippen LogP contribution >= 0.6 is 11.6 Å². The Morgan fingerprint density at radius 2 is 1.67 bits per heavy atom. The van der Waals surface area contributed by atoms with Crippen molar-refractivity contribution in [2.75, 3.05) is 16.8 Å². The highest BCUT2D eigenvalue weighted by atomic mass is 35.5. The first-order valence-corrected chi connectivity index (χ1v) is 13.8. The van der Waals surface area contributed by atoms with Crippen LogP contribution in [0, 0.1) is 0 Å². The van der Waals surface area contributed by atoms with E-state index in [0.717, 1.165) is 43.4 Å². The van der Waals surface area contributed by atoms with Gasteiger partial charge in [-0.25, -0.2) is 9.59 Å². The number of hydrogen-bond donors (Lipinski definition) is 4. The Hall–Kier alpha value is -4.35. The summed E-state index contributed by atoms with van der Waals surface area (Å²) in [6.07, 6.45) is -0.0671. The van der Waals surface area contributed by atoms with E-state index in [1.54, 1.807) is 24.3 Å². The quantitative estimate of drug-likeness (QED) is 0.213. The van der Waals surface area contributed by atoms with Crippen LogP contribution in [0.15, 0.2) is 72.8 Å². The predicted molar refractivity (Wildman–Crippen MR) is 157 cm³/mol. The number of benzene rings is 3. The van der Waals surface area contributed by atoms with E-state index in [1.807, 2.05) is 12.1 Å². The lowest BCUT2D eigenvalue weighted by Gasteiger charge is -2.24. The predicted octanol–water partition coefficient (Wildman–Crippen LogP) is 6.73. The molecule has 0 spiro atoms. The van der Waals surface area contributed by atoms with Gasteiger partial charge in [-0.2, -0.15) is 13.2 Å². The van der Waals surface area contributed by atoms with E-state index in [2.05, 4.69) is 16.7 Å². The molecule has 3 amide bonds. The summed E-state index contributed by atoms with van der Waals surface area (Å²) < 4.78 is 40.2. The minimum atomic E-state index is -4.71. The van der Waals surface area contributed by atoms with Crippen LogP contribution in [-0.4, -0.2) is 40.8 Å². The molecule has 8 nitrogen and oxygen atoms in total. The lowest BCUT2D eigenvalue weighted by molar-refractivity contribution is -0.146. The molecule has 0 radical (unpaired) electrons. The number of alkyl halides is 3. The minimum Gasteiger partial charge on any atom is -0.479 e. The zero-order chi connectivity index (χ0) is 31.1. The van der Waals surface area contributed by atoms with Crippen molar-refractivity contribution in [2.24, 2.45) is 0 Å². The first-order valence-electron chi connectivity index (χ1n) is 13.4. The maximum absolute atomic E-state index is 13.5. The number of urea groups is 1. The standard InChI is InChI=1S/C31H29ClF3N3O5/c32-26-15-12-23(16-25(26)31(33,34)35)37-30(43)38(24-13-10-21(11-14-24)20-4-2-1-3-5-20)18-19-6-8-22(9-7-19)28(40)36-17-27(39)29(41)42/h4,6-16,27,39H,1-3,5,17-18H2,(H,36,40)(H,37,43)(H,41,42)/t27-/m1/s1. The monoisotopic (exact) mass is 615 g/mol. The van der Waals surface area contributed by atoms with Gasteiger partial charge in [0.25, 0.3) is 5.91 Å². The molecule has 12 heteroatoms. The van der Waals surface area contributed by atoms with Gasteiger partial charge < -0.3 is 20.8 Å². The van der Waals surface area contributed by atoms with Gasteiger partial charge in [0.2, 0.25) is 0 Å². The average Bonchev–Trinajstić information content (AvgIpc) is 2.99. The Morgan fingerprint density at radius 3 is 2.28 bits per heavy atom. The van der Waals surface area contributed by atoms with Crippen LogP contribution in [0.25, 0.3) is 5.57 Å². The molecule has 4 N–H and O–H groups in total. The molecule has 0 saturated heterocycles. The fraction of sp³-hybridized carbons (Fsp3) is 0.258. The number of anilines is 2. The van der Waals surface area contributed by atoms with Crippen molar-refractivity contribution in [3.05, 3.63) is 100 Å². The molecule has 4 rings (SSSR count). The zero-order valence-electron chi connectivity index (χ0n) is 22.8. The molecule has 0 heterocycles. The second-order valence-corrected chi connectivity index (χ2v) is 10.4. The van der Waals surface area contributed by atoms with Crippen LogP contribution in [0.5, 0.6) is 0 Å². The second-order valence-electron chi connectivity index (χ2n) is 9.99. The number of allylic oxidation sites excluding steroid dienone is 2. The molecule has 1 atom stereocenters. The van der Waals surface area contributed by atoms with Crippen molar-refractivity contribution in [2.45, 2.75) is 44.5 Å². The molecule has 1 aliphatic carbocycles. The summed E-state index contributed by atoms with van der Waals surface area (Å²) in [5.41, 5.74) is 2.37. The maximum atomic E-state index is 13.5. The van der Waals surface area contributed by atoms with Crippen molar-refractivity contribution in [3.63, 3.8) is 0 Å². The first kappa shape index (κ1) is 31.6. The van der Waals surface area contributed by atoms with Crippen molar-refractivity contribution in [1.29, 1.82) is 0 Å². The molecule has 43 heavy (non-hydrogen) atoms. The van der Waals surface area contributed by atoms with Crippen molar-refractivity contribution in [3.8, 4) is 0 Å². The number of nitrogens with zero attached hydrogens (tertiary/aromatic N) is 1. The van der Waals surface area contributed by atoms with Gasteiger partial charge in [0.15, 0.2) is 6.10 Å². The fourth-order valence-electron chi connectivity index (χ4n) is 4.57. The summed E-state index contributed by atoms with van der Waals surface area (Å²) in [7, 11) is 0. The van der Waals surface area contributed by atoms with E-state index in [0.29, 0.717) is 11.3 Å². The molecule has 0 aromatic heterocycles. The van der Waals surface area contributed by atoms with E-state index in [4.69, 9.17) is 16.7 Å². The number of aliphatic hydroxyl groups is 1. The molecular formula is C31H29ClF3N3O5. The Balaban J connectivity index is 1.57. The van der Waals surface area contributed by atoms with E-state index < -0.39 is 47.3 Å². The number of carbonyl (C=O) groups is 3. The number of carboxylic acid groups (broad SMARTS) is 1. The van der Waals surface area contributed by atoms with Crippen LogP contribution in [0.2, 0.25) is 5.02 Å². The second kappa shape index (κ2) is 13.7. The molecule has 0 aliphatic heterocycles. The van der Waals surface area contributed by atoms with Crippen LogP contribution in [-0.2, 0) is 17.5 Å². The smallest absolute Gasteiger partial charge is 0.417 e. The lowest BCUT2D eigenvalue weighted by Crippen LogP contribution is -2.36. The van der Waals surface area contributed by atoms with Crippen LogP contribution in [0.1, 0.15) is 52.7 Å². The van der Waals surface area contributed by atoms with E-state index in [-0.39, 0.29) is 17.8 Å². The molecule has 0 unspecified atom stereocenters. The molecule has 1 aliphatic rings. The Kier molecular flexibility index (Phi) is 10.1. The highest BCUT2D eigenvalue weighted by Crippen LogP contribution is 2.36. The lowest BCUT2D eigenvalue weighted by atomic mass is 9.93. The van der Waals surface area contributed by atoms with E-state index >= 15 is 0 Å². The summed E-state index contributed by atoms with van der Waals surface area (Å²) in [5, 5.41) is 22.5. The van der Waals surface area contributed by atoms with Crippen molar-refractivity contribution in [1.82, 2.24) is 5.32 Å². The summed E-state index contributed by atoms with van der Waals surface area (Å²) in [6.45, 7) is -0.468. The van der Waals surface area contributed by atoms with Gasteiger partial charge in [-0.1, -0.05) is 41.9 Å². The van der Waals surface area contributed by atoms with Crippen LogP contribution in [0.3, 0.4) is 0 Å².